The lowest BCUT2D eigenvalue weighted by molar-refractivity contribution is -0.108. The minimum Gasteiger partial charge on any atom is -0.303 e. The highest BCUT2D eigenvalue weighted by atomic mass is 16.1. The molecular weight excluding hydrogens is 136 g/mol. The Morgan fingerprint density at radius 3 is 2.64 bits per heavy atom. The van der Waals surface area contributed by atoms with Gasteiger partial charge in [-0.25, -0.2) is 0 Å². The number of aldehydes is 1. The highest BCUT2D eigenvalue weighted by molar-refractivity contribution is 5.49. The minimum atomic E-state index is 0.562. The van der Waals surface area contributed by atoms with E-state index in [1.165, 1.54) is 6.42 Å². The average Bonchev–Trinajstić information content (AvgIpc) is 2.01. The van der Waals surface area contributed by atoms with Crippen molar-refractivity contribution < 1.29 is 4.79 Å². The number of hydrogen-bond donors (Lipinski definition) is 0. The minimum absolute atomic E-state index is 0.562. The Balaban J connectivity index is 3.33. The second kappa shape index (κ2) is 7.52. The second-order valence-corrected chi connectivity index (χ2v) is 2.94. The predicted octanol–water partition coefficient (Wildman–Crippen LogP) is 2.96. The molecule has 0 N–H and O–H groups in total. The van der Waals surface area contributed by atoms with E-state index in [-0.39, 0.29) is 0 Å². The molecule has 0 amide bonds. The zero-order valence-electron chi connectivity index (χ0n) is 7.55. The standard InChI is InChI=1S/C10H18O/c1-3-4-5-7-10(2)8-6-9-11/h5,7,9-10H,3-4,6,8H2,1-2H3/b7-5-. The van der Waals surface area contributed by atoms with Gasteiger partial charge >= 0.3 is 0 Å². The van der Waals surface area contributed by atoms with Gasteiger partial charge in [-0.2, -0.15) is 0 Å². The fourth-order valence-electron chi connectivity index (χ4n) is 0.922. The SMILES string of the molecule is CCC/C=C\C(C)CCC=O. The molecule has 0 aliphatic carbocycles. The maximum atomic E-state index is 10.0. The van der Waals surface area contributed by atoms with Gasteiger partial charge in [0.05, 0.1) is 0 Å². The summed E-state index contributed by atoms with van der Waals surface area (Å²) >= 11 is 0. The molecule has 1 nitrogen and oxygen atoms in total. The molecule has 1 atom stereocenters. The molecule has 0 spiro atoms. The smallest absolute Gasteiger partial charge is 0.120 e. The third-order valence-corrected chi connectivity index (χ3v) is 1.66. The Morgan fingerprint density at radius 2 is 2.09 bits per heavy atom. The fraction of sp³-hybridized carbons (Fsp3) is 0.700. The van der Waals surface area contributed by atoms with Gasteiger partial charge in [0.2, 0.25) is 0 Å². The van der Waals surface area contributed by atoms with Gasteiger partial charge < -0.3 is 4.79 Å². The van der Waals surface area contributed by atoms with Crippen LogP contribution in [0.3, 0.4) is 0 Å². The van der Waals surface area contributed by atoms with E-state index in [4.69, 9.17) is 0 Å². The number of carbonyl (C=O) groups is 1. The van der Waals surface area contributed by atoms with Crippen molar-refractivity contribution in [2.75, 3.05) is 0 Å². The molecule has 0 saturated heterocycles. The zero-order valence-corrected chi connectivity index (χ0v) is 7.55. The third kappa shape index (κ3) is 7.31. The molecular formula is C10H18O. The first-order valence-corrected chi connectivity index (χ1v) is 4.41. The van der Waals surface area contributed by atoms with Crippen LogP contribution in [0, 0.1) is 5.92 Å². The summed E-state index contributed by atoms with van der Waals surface area (Å²) < 4.78 is 0. The quantitative estimate of drug-likeness (QED) is 0.424. The molecule has 0 aromatic rings. The summed E-state index contributed by atoms with van der Waals surface area (Å²) in [6.45, 7) is 4.32. The van der Waals surface area contributed by atoms with Crippen LogP contribution in [-0.4, -0.2) is 6.29 Å². The van der Waals surface area contributed by atoms with Gasteiger partial charge in [-0.3, -0.25) is 0 Å². The molecule has 0 saturated carbocycles. The van der Waals surface area contributed by atoms with Crippen molar-refractivity contribution in [2.24, 2.45) is 5.92 Å². The van der Waals surface area contributed by atoms with Gasteiger partial charge in [0.25, 0.3) is 0 Å². The molecule has 64 valence electrons. The van der Waals surface area contributed by atoms with Crippen molar-refractivity contribution in [3.05, 3.63) is 12.2 Å². The summed E-state index contributed by atoms with van der Waals surface area (Å²) in [6.07, 6.45) is 9.44. The molecule has 11 heavy (non-hydrogen) atoms. The molecule has 1 heteroatoms. The molecule has 0 heterocycles. The Hall–Kier alpha value is -0.590. The highest BCUT2D eigenvalue weighted by Gasteiger charge is 1.94. The van der Waals surface area contributed by atoms with E-state index in [2.05, 4.69) is 26.0 Å². The van der Waals surface area contributed by atoms with E-state index in [9.17, 15) is 4.79 Å². The molecule has 1 unspecified atom stereocenters. The maximum Gasteiger partial charge on any atom is 0.120 e. The topological polar surface area (TPSA) is 17.1 Å². The van der Waals surface area contributed by atoms with Gasteiger partial charge in [0.15, 0.2) is 0 Å². The molecule has 0 bridgehead atoms. The summed E-state index contributed by atoms with van der Waals surface area (Å²) in [5.41, 5.74) is 0. The van der Waals surface area contributed by atoms with Crippen molar-refractivity contribution in [3.8, 4) is 0 Å². The van der Waals surface area contributed by atoms with Gasteiger partial charge in [0.1, 0.15) is 6.29 Å². The lowest BCUT2D eigenvalue weighted by Crippen LogP contribution is -1.89. The Bertz CT molecular complexity index is 116. The first kappa shape index (κ1) is 10.4. The van der Waals surface area contributed by atoms with E-state index < -0.39 is 0 Å². The summed E-state index contributed by atoms with van der Waals surface area (Å²) in [7, 11) is 0. The van der Waals surface area contributed by atoms with Crippen LogP contribution in [0.2, 0.25) is 0 Å². The van der Waals surface area contributed by atoms with Crippen LogP contribution in [0.5, 0.6) is 0 Å². The van der Waals surface area contributed by atoms with Gasteiger partial charge in [-0.05, 0) is 18.8 Å². The Kier molecular flexibility index (Phi) is 7.11. The van der Waals surface area contributed by atoms with Gasteiger partial charge in [0, 0.05) is 6.42 Å². The number of carbonyl (C=O) groups excluding carboxylic acids is 1. The summed E-state index contributed by atoms with van der Waals surface area (Å²) in [5, 5.41) is 0. The monoisotopic (exact) mass is 154 g/mol. The van der Waals surface area contributed by atoms with Crippen LogP contribution in [0.15, 0.2) is 12.2 Å². The van der Waals surface area contributed by atoms with Crippen LogP contribution >= 0.6 is 0 Å². The second-order valence-electron chi connectivity index (χ2n) is 2.94. The van der Waals surface area contributed by atoms with Crippen molar-refractivity contribution in [1.82, 2.24) is 0 Å². The highest BCUT2D eigenvalue weighted by Crippen LogP contribution is 2.06. The van der Waals surface area contributed by atoms with Crippen molar-refractivity contribution >= 4 is 6.29 Å². The molecule has 0 radical (unpaired) electrons. The molecule has 0 aliphatic rings. The lowest BCUT2D eigenvalue weighted by atomic mass is 10.1. The van der Waals surface area contributed by atoms with E-state index in [0.717, 1.165) is 19.1 Å². The molecule has 0 rings (SSSR count). The normalized spacial score (nSPS) is 13.6. The van der Waals surface area contributed by atoms with E-state index >= 15 is 0 Å². The summed E-state index contributed by atoms with van der Waals surface area (Å²) in [5.74, 6) is 0.562. The first-order valence-electron chi connectivity index (χ1n) is 4.41. The van der Waals surface area contributed by atoms with Crippen molar-refractivity contribution in [1.29, 1.82) is 0 Å². The first-order chi connectivity index (χ1) is 5.31. The molecule has 0 aromatic heterocycles. The van der Waals surface area contributed by atoms with Crippen molar-refractivity contribution in [3.63, 3.8) is 0 Å². The molecule has 0 aliphatic heterocycles. The van der Waals surface area contributed by atoms with E-state index in [0.29, 0.717) is 12.3 Å². The van der Waals surface area contributed by atoms with Crippen LogP contribution in [0.25, 0.3) is 0 Å². The molecule has 0 fully saturated rings. The zero-order chi connectivity index (χ0) is 8.53. The van der Waals surface area contributed by atoms with Crippen LogP contribution in [0.1, 0.15) is 39.5 Å². The largest absolute Gasteiger partial charge is 0.303 e. The van der Waals surface area contributed by atoms with Gasteiger partial charge in [-0.1, -0.05) is 32.4 Å². The lowest BCUT2D eigenvalue weighted by Gasteiger charge is -2.00. The maximum absolute atomic E-state index is 10.0. The van der Waals surface area contributed by atoms with E-state index in [1.54, 1.807) is 0 Å². The van der Waals surface area contributed by atoms with E-state index in [1.807, 2.05) is 0 Å². The Morgan fingerprint density at radius 1 is 1.36 bits per heavy atom. The van der Waals surface area contributed by atoms with Crippen molar-refractivity contribution in [2.45, 2.75) is 39.5 Å². The predicted molar refractivity (Wildman–Crippen MR) is 48.5 cm³/mol. The summed E-state index contributed by atoms with van der Waals surface area (Å²) in [4.78, 5) is 10.0. The number of allylic oxidation sites excluding steroid dienone is 2. The number of unbranched alkanes of at least 4 members (excludes halogenated alkanes) is 1. The summed E-state index contributed by atoms with van der Waals surface area (Å²) in [6, 6.07) is 0. The fourth-order valence-corrected chi connectivity index (χ4v) is 0.922. The average molecular weight is 154 g/mol. The molecule has 0 aromatic carbocycles. The number of hydrogen-bond acceptors (Lipinski definition) is 1. The van der Waals surface area contributed by atoms with Crippen LogP contribution in [-0.2, 0) is 4.79 Å². The van der Waals surface area contributed by atoms with Gasteiger partial charge in [-0.15, -0.1) is 0 Å². The number of rotatable bonds is 6. The van der Waals surface area contributed by atoms with Crippen LogP contribution in [0.4, 0.5) is 0 Å². The third-order valence-electron chi connectivity index (χ3n) is 1.66. The van der Waals surface area contributed by atoms with Crippen LogP contribution < -0.4 is 0 Å². The Labute approximate surface area is 69.5 Å².